The van der Waals surface area contributed by atoms with E-state index in [2.05, 4.69) is 10.2 Å². The third-order valence-corrected chi connectivity index (χ3v) is 2.67. The maximum absolute atomic E-state index is 5.48. The van der Waals surface area contributed by atoms with Crippen molar-refractivity contribution in [3.63, 3.8) is 0 Å². The van der Waals surface area contributed by atoms with Gasteiger partial charge in [0.25, 0.3) is 0 Å². The number of nitrogens with zero attached hydrogens (tertiary/aromatic N) is 2. The number of para-hydroxylation sites is 1. The van der Waals surface area contributed by atoms with Gasteiger partial charge in [-0.2, -0.15) is 0 Å². The highest BCUT2D eigenvalue weighted by Crippen LogP contribution is 2.19. The van der Waals surface area contributed by atoms with Gasteiger partial charge in [0.05, 0.1) is 7.11 Å². The third kappa shape index (κ3) is 3.07. The van der Waals surface area contributed by atoms with E-state index in [4.69, 9.17) is 14.9 Å². The molecule has 18 heavy (non-hydrogen) atoms. The van der Waals surface area contributed by atoms with Crippen LogP contribution >= 0.6 is 0 Å². The Morgan fingerprint density at radius 2 is 1.83 bits per heavy atom. The molecule has 0 fully saturated rings. The molecule has 0 aliphatic rings. The number of ether oxygens (including phenoxy) is 1. The number of benzene rings is 1. The largest absolute Gasteiger partial charge is 0.496 e. The Balaban J connectivity index is 1.97. The van der Waals surface area contributed by atoms with E-state index in [1.165, 1.54) is 0 Å². The van der Waals surface area contributed by atoms with E-state index in [0.29, 0.717) is 31.2 Å². The van der Waals surface area contributed by atoms with Crippen LogP contribution < -0.4 is 10.5 Å². The van der Waals surface area contributed by atoms with E-state index < -0.39 is 0 Å². The average molecular weight is 247 g/mol. The fourth-order valence-corrected chi connectivity index (χ4v) is 1.76. The highest BCUT2D eigenvalue weighted by Gasteiger charge is 2.07. The van der Waals surface area contributed by atoms with E-state index in [-0.39, 0.29) is 0 Å². The number of hydrogen-bond acceptors (Lipinski definition) is 5. The molecule has 5 heteroatoms. The van der Waals surface area contributed by atoms with Gasteiger partial charge in [0.2, 0.25) is 11.8 Å². The molecule has 0 amide bonds. The molecule has 96 valence electrons. The van der Waals surface area contributed by atoms with Crippen LogP contribution in [0.15, 0.2) is 28.7 Å². The zero-order valence-corrected chi connectivity index (χ0v) is 10.4. The first-order chi connectivity index (χ1) is 8.83. The van der Waals surface area contributed by atoms with Crippen LogP contribution in [0.2, 0.25) is 0 Å². The lowest BCUT2D eigenvalue weighted by atomic mass is 10.1. The Labute approximate surface area is 106 Å². The molecule has 0 bridgehead atoms. The van der Waals surface area contributed by atoms with Crippen LogP contribution in [0.5, 0.6) is 5.75 Å². The van der Waals surface area contributed by atoms with Crippen molar-refractivity contribution in [2.75, 3.05) is 13.7 Å². The smallest absolute Gasteiger partial charge is 0.217 e. The Morgan fingerprint density at radius 3 is 2.56 bits per heavy atom. The van der Waals surface area contributed by atoms with Crippen molar-refractivity contribution in [1.82, 2.24) is 10.2 Å². The minimum atomic E-state index is 0.522. The molecule has 1 aromatic carbocycles. The van der Waals surface area contributed by atoms with Crippen molar-refractivity contribution >= 4 is 0 Å². The Morgan fingerprint density at radius 1 is 1.11 bits per heavy atom. The Hall–Kier alpha value is -1.88. The molecule has 0 spiro atoms. The summed E-state index contributed by atoms with van der Waals surface area (Å²) in [5.74, 6) is 2.14. The molecule has 0 saturated heterocycles. The molecule has 0 aliphatic carbocycles. The van der Waals surface area contributed by atoms with Crippen LogP contribution in [-0.4, -0.2) is 23.9 Å². The Kier molecular flexibility index (Phi) is 4.30. The summed E-state index contributed by atoms with van der Waals surface area (Å²) in [6.45, 7) is 0.522. The second-order valence-electron chi connectivity index (χ2n) is 3.94. The van der Waals surface area contributed by atoms with Gasteiger partial charge in [-0.25, -0.2) is 0 Å². The Bertz CT molecular complexity index is 496. The van der Waals surface area contributed by atoms with E-state index in [1.807, 2.05) is 24.3 Å². The quantitative estimate of drug-likeness (QED) is 0.834. The zero-order valence-electron chi connectivity index (χ0n) is 10.4. The van der Waals surface area contributed by atoms with Gasteiger partial charge < -0.3 is 14.9 Å². The van der Waals surface area contributed by atoms with E-state index in [9.17, 15) is 0 Å². The fraction of sp³-hybridized carbons (Fsp3) is 0.385. The van der Waals surface area contributed by atoms with Crippen molar-refractivity contribution in [1.29, 1.82) is 0 Å². The molecule has 2 rings (SSSR count). The van der Waals surface area contributed by atoms with Gasteiger partial charge in [0.15, 0.2) is 0 Å². The van der Waals surface area contributed by atoms with Crippen LogP contribution in [0.3, 0.4) is 0 Å². The number of rotatable bonds is 6. The first-order valence-corrected chi connectivity index (χ1v) is 5.96. The summed E-state index contributed by atoms with van der Waals surface area (Å²) in [6.07, 6.45) is 2.15. The summed E-state index contributed by atoms with van der Waals surface area (Å²) in [6, 6.07) is 7.93. The van der Waals surface area contributed by atoms with Gasteiger partial charge >= 0.3 is 0 Å². The molecule has 0 saturated carbocycles. The second kappa shape index (κ2) is 6.16. The SMILES string of the molecule is COc1ccccc1CCc1nnc(CCN)o1. The number of aromatic nitrogens is 2. The molecule has 0 atom stereocenters. The molecule has 5 nitrogen and oxygen atoms in total. The third-order valence-electron chi connectivity index (χ3n) is 2.67. The van der Waals surface area contributed by atoms with Crippen LogP contribution in [0.4, 0.5) is 0 Å². The summed E-state index contributed by atoms with van der Waals surface area (Å²) in [5, 5.41) is 7.93. The lowest BCUT2D eigenvalue weighted by molar-refractivity contribution is 0.407. The molecule has 2 N–H and O–H groups in total. The summed E-state index contributed by atoms with van der Waals surface area (Å²) in [4.78, 5) is 0. The second-order valence-corrected chi connectivity index (χ2v) is 3.94. The zero-order chi connectivity index (χ0) is 12.8. The first kappa shape index (κ1) is 12.6. The lowest BCUT2D eigenvalue weighted by Gasteiger charge is -2.06. The molecular weight excluding hydrogens is 230 g/mol. The van der Waals surface area contributed by atoms with E-state index >= 15 is 0 Å². The molecule has 0 aliphatic heterocycles. The normalized spacial score (nSPS) is 10.6. The molecule has 2 aromatic rings. The molecule has 1 heterocycles. The lowest BCUT2D eigenvalue weighted by Crippen LogP contribution is -2.02. The van der Waals surface area contributed by atoms with Crippen molar-refractivity contribution in [2.45, 2.75) is 19.3 Å². The van der Waals surface area contributed by atoms with Gasteiger partial charge in [-0.05, 0) is 18.1 Å². The van der Waals surface area contributed by atoms with Crippen LogP contribution in [-0.2, 0) is 19.3 Å². The number of nitrogens with two attached hydrogens (primary N) is 1. The van der Waals surface area contributed by atoms with Gasteiger partial charge in [0.1, 0.15) is 5.75 Å². The van der Waals surface area contributed by atoms with Crippen LogP contribution in [0.25, 0.3) is 0 Å². The summed E-state index contributed by atoms with van der Waals surface area (Å²) < 4.78 is 10.8. The number of hydrogen-bond donors (Lipinski definition) is 1. The minimum Gasteiger partial charge on any atom is -0.496 e. The highest BCUT2D eigenvalue weighted by molar-refractivity contribution is 5.33. The maximum atomic E-state index is 5.48. The van der Waals surface area contributed by atoms with Crippen molar-refractivity contribution < 1.29 is 9.15 Å². The summed E-state index contributed by atoms with van der Waals surface area (Å²) in [7, 11) is 1.67. The van der Waals surface area contributed by atoms with Crippen LogP contribution in [0, 0.1) is 0 Å². The topological polar surface area (TPSA) is 74.2 Å². The summed E-state index contributed by atoms with van der Waals surface area (Å²) >= 11 is 0. The van der Waals surface area contributed by atoms with E-state index in [0.717, 1.165) is 17.7 Å². The van der Waals surface area contributed by atoms with Crippen molar-refractivity contribution in [3.05, 3.63) is 41.6 Å². The monoisotopic (exact) mass is 247 g/mol. The standard InChI is InChI=1S/C13H17N3O2/c1-17-11-5-3-2-4-10(11)6-7-12-15-16-13(18-12)8-9-14/h2-5H,6-9,14H2,1H3. The first-order valence-electron chi connectivity index (χ1n) is 5.96. The van der Waals surface area contributed by atoms with Gasteiger partial charge in [-0.3, -0.25) is 0 Å². The number of aryl methyl sites for hydroxylation is 2. The minimum absolute atomic E-state index is 0.522. The van der Waals surface area contributed by atoms with Crippen molar-refractivity contribution in [2.24, 2.45) is 5.73 Å². The number of methoxy groups -OCH3 is 1. The van der Waals surface area contributed by atoms with Crippen molar-refractivity contribution in [3.8, 4) is 5.75 Å². The summed E-state index contributed by atoms with van der Waals surface area (Å²) in [5.41, 5.74) is 6.57. The fourth-order valence-electron chi connectivity index (χ4n) is 1.76. The van der Waals surface area contributed by atoms with Gasteiger partial charge in [0, 0.05) is 19.4 Å². The maximum Gasteiger partial charge on any atom is 0.217 e. The molecule has 0 unspecified atom stereocenters. The molecular formula is C13H17N3O2. The predicted octanol–water partition coefficient (Wildman–Crippen LogP) is 1.36. The van der Waals surface area contributed by atoms with Crippen LogP contribution in [0.1, 0.15) is 17.3 Å². The average Bonchev–Trinajstić information content (AvgIpc) is 2.85. The van der Waals surface area contributed by atoms with Gasteiger partial charge in [-0.1, -0.05) is 18.2 Å². The van der Waals surface area contributed by atoms with E-state index in [1.54, 1.807) is 7.11 Å². The van der Waals surface area contributed by atoms with Gasteiger partial charge in [-0.15, -0.1) is 10.2 Å². The molecule has 1 aromatic heterocycles. The molecule has 0 radical (unpaired) electrons. The highest BCUT2D eigenvalue weighted by atomic mass is 16.5. The predicted molar refractivity (Wildman–Crippen MR) is 67.5 cm³/mol.